The Balaban J connectivity index is 1.80. The van der Waals surface area contributed by atoms with E-state index in [2.05, 4.69) is 27.5 Å². The Morgan fingerprint density at radius 2 is 2.38 bits per heavy atom. The van der Waals surface area contributed by atoms with Gasteiger partial charge < -0.3 is 20.3 Å². The number of terminal acetylenes is 1. The Labute approximate surface area is 125 Å². The fourth-order valence-corrected chi connectivity index (χ4v) is 2.47. The summed E-state index contributed by atoms with van der Waals surface area (Å²) in [6.45, 7) is 2.84. The molecule has 0 aromatic heterocycles. The van der Waals surface area contributed by atoms with E-state index >= 15 is 0 Å². The van der Waals surface area contributed by atoms with Gasteiger partial charge in [0.25, 0.3) is 0 Å². The molecule has 1 aromatic rings. The number of urea groups is 1. The first kappa shape index (κ1) is 15.0. The van der Waals surface area contributed by atoms with Crippen LogP contribution in [0.1, 0.15) is 6.42 Å². The molecule has 2 rings (SSSR count). The molecule has 0 aliphatic carbocycles. The number of ether oxygens (including phenoxy) is 1. The van der Waals surface area contributed by atoms with Gasteiger partial charge in [-0.05, 0) is 24.5 Å². The van der Waals surface area contributed by atoms with E-state index in [0.717, 1.165) is 30.9 Å². The molecule has 1 heterocycles. The molecule has 1 aliphatic heterocycles. The van der Waals surface area contributed by atoms with Crippen molar-refractivity contribution in [3.05, 3.63) is 24.3 Å². The normalized spacial score (nSPS) is 17.1. The van der Waals surface area contributed by atoms with E-state index in [0.29, 0.717) is 12.5 Å². The molecule has 1 saturated heterocycles. The Morgan fingerprint density at radius 3 is 3.14 bits per heavy atom. The minimum atomic E-state index is -0.201. The lowest BCUT2D eigenvalue weighted by Crippen LogP contribution is -2.38. The van der Waals surface area contributed by atoms with E-state index in [9.17, 15) is 4.79 Å². The summed E-state index contributed by atoms with van der Waals surface area (Å²) in [6, 6.07) is 7.85. The highest BCUT2D eigenvalue weighted by Gasteiger charge is 2.23. The number of rotatable bonds is 5. The zero-order valence-electron chi connectivity index (χ0n) is 12.3. The minimum Gasteiger partial charge on any atom is -0.497 e. The summed E-state index contributed by atoms with van der Waals surface area (Å²) in [5.41, 5.74) is 1.16. The van der Waals surface area contributed by atoms with Crippen LogP contribution in [0, 0.1) is 18.3 Å². The van der Waals surface area contributed by atoms with Crippen LogP contribution in [0.25, 0.3) is 0 Å². The topological polar surface area (TPSA) is 53.6 Å². The highest BCUT2D eigenvalue weighted by Crippen LogP contribution is 2.26. The first-order valence-corrected chi connectivity index (χ1v) is 7.07. The SMILES string of the molecule is C#CCNC(=O)NC[C@@H]1CCN(c2cccc(OC)c2)C1. The second-order valence-electron chi connectivity index (χ2n) is 5.07. The number of amides is 2. The van der Waals surface area contributed by atoms with Gasteiger partial charge in [-0.2, -0.15) is 0 Å². The number of hydrogen-bond donors (Lipinski definition) is 2. The lowest BCUT2D eigenvalue weighted by molar-refractivity contribution is 0.240. The minimum absolute atomic E-state index is 0.201. The summed E-state index contributed by atoms with van der Waals surface area (Å²) >= 11 is 0. The molecule has 21 heavy (non-hydrogen) atoms. The molecular formula is C16H21N3O2. The van der Waals surface area contributed by atoms with Crippen molar-refractivity contribution in [1.29, 1.82) is 0 Å². The molecule has 112 valence electrons. The van der Waals surface area contributed by atoms with Crippen molar-refractivity contribution in [2.24, 2.45) is 5.92 Å². The zero-order chi connectivity index (χ0) is 15.1. The summed E-state index contributed by atoms with van der Waals surface area (Å²) in [5, 5.41) is 5.45. The standard InChI is InChI=1S/C16H21N3O2/c1-3-8-17-16(20)18-11-13-7-9-19(12-13)14-5-4-6-15(10-14)21-2/h1,4-6,10,13H,7-9,11-12H2,2H3,(H2,17,18,20)/t13-/m0/s1. The van der Waals surface area contributed by atoms with Crippen LogP contribution in [0.15, 0.2) is 24.3 Å². The van der Waals surface area contributed by atoms with Crippen molar-refractivity contribution in [3.63, 3.8) is 0 Å². The van der Waals surface area contributed by atoms with Crippen molar-refractivity contribution in [1.82, 2.24) is 10.6 Å². The second-order valence-corrected chi connectivity index (χ2v) is 5.07. The maximum Gasteiger partial charge on any atom is 0.315 e. The average molecular weight is 287 g/mol. The van der Waals surface area contributed by atoms with Crippen molar-refractivity contribution in [2.45, 2.75) is 6.42 Å². The largest absolute Gasteiger partial charge is 0.497 e. The molecule has 0 bridgehead atoms. The van der Waals surface area contributed by atoms with E-state index in [-0.39, 0.29) is 12.6 Å². The highest BCUT2D eigenvalue weighted by molar-refractivity contribution is 5.74. The predicted octanol–water partition coefficient (Wildman–Crippen LogP) is 1.45. The summed E-state index contributed by atoms with van der Waals surface area (Å²) in [6.07, 6.45) is 6.15. The molecule has 1 fully saturated rings. The van der Waals surface area contributed by atoms with Gasteiger partial charge in [0, 0.05) is 31.4 Å². The molecule has 0 saturated carbocycles. The van der Waals surface area contributed by atoms with Crippen LogP contribution in [-0.2, 0) is 0 Å². The lowest BCUT2D eigenvalue weighted by Gasteiger charge is -2.19. The van der Waals surface area contributed by atoms with Crippen LogP contribution in [-0.4, -0.2) is 39.3 Å². The van der Waals surface area contributed by atoms with Gasteiger partial charge in [0.05, 0.1) is 13.7 Å². The lowest BCUT2D eigenvalue weighted by atomic mass is 10.1. The highest BCUT2D eigenvalue weighted by atomic mass is 16.5. The fourth-order valence-electron chi connectivity index (χ4n) is 2.47. The van der Waals surface area contributed by atoms with Crippen LogP contribution < -0.4 is 20.3 Å². The van der Waals surface area contributed by atoms with Crippen LogP contribution in [0.4, 0.5) is 10.5 Å². The zero-order valence-corrected chi connectivity index (χ0v) is 12.3. The molecule has 2 N–H and O–H groups in total. The number of anilines is 1. The molecule has 5 heteroatoms. The van der Waals surface area contributed by atoms with Gasteiger partial charge in [-0.1, -0.05) is 12.0 Å². The first-order chi connectivity index (χ1) is 10.2. The number of carbonyl (C=O) groups excluding carboxylic acids is 1. The van der Waals surface area contributed by atoms with E-state index < -0.39 is 0 Å². The molecule has 5 nitrogen and oxygen atoms in total. The molecule has 0 spiro atoms. The van der Waals surface area contributed by atoms with Crippen LogP contribution in [0.3, 0.4) is 0 Å². The van der Waals surface area contributed by atoms with Gasteiger partial charge in [-0.25, -0.2) is 4.79 Å². The van der Waals surface area contributed by atoms with Crippen LogP contribution in [0.5, 0.6) is 5.75 Å². The molecule has 1 atom stereocenters. The van der Waals surface area contributed by atoms with Crippen molar-refractivity contribution < 1.29 is 9.53 Å². The predicted molar refractivity (Wildman–Crippen MR) is 83.5 cm³/mol. The maximum atomic E-state index is 11.4. The van der Waals surface area contributed by atoms with E-state index in [1.54, 1.807) is 7.11 Å². The number of methoxy groups -OCH3 is 1. The van der Waals surface area contributed by atoms with Crippen molar-refractivity contribution >= 4 is 11.7 Å². The molecule has 1 aromatic carbocycles. The molecule has 2 amide bonds. The monoisotopic (exact) mass is 287 g/mol. The van der Waals surface area contributed by atoms with E-state index in [4.69, 9.17) is 11.2 Å². The van der Waals surface area contributed by atoms with Crippen LogP contribution >= 0.6 is 0 Å². The maximum absolute atomic E-state index is 11.4. The summed E-state index contributed by atoms with van der Waals surface area (Å²) in [7, 11) is 1.67. The van der Waals surface area contributed by atoms with E-state index in [1.165, 1.54) is 0 Å². The van der Waals surface area contributed by atoms with Gasteiger partial charge in [0.1, 0.15) is 5.75 Å². The van der Waals surface area contributed by atoms with Crippen molar-refractivity contribution in [3.8, 4) is 18.1 Å². The first-order valence-electron chi connectivity index (χ1n) is 7.07. The third kappa shape index (κ3) is 4.32. The summed E-state index contributed by atoms with van der Waals surface area (Å²) in [5.74, 6) is 3.69. The quantitative estimate of drug-likeness (QED) is 0.806. The smallest absolute Gasteiger partial charge is 0.315 e. The third-order valence-corrected chi connectivity index (χ3v) is 3.61. The van der Waals surface area contributed by atoms with Gasteiger partial charge >= 0.3 is 6.03 Å². The molecule has 1 aliphatic rings. The Morgan fingerprint density at radius 1 is 1.52 bits per heavy atom. The Hall–Kier alpha value is -2.35. The number of carbonyl (C=O) groups is 1. The van der Waals surface area contributed by atoms with Gasteiger partial charge in [0.2, 0.25) is 0 Å². The Bertz CT molecular complexity index is 524. The Kier molecular flexibility index (Phi) is 5.33. The van der Waals surface area contributed by atoms with Gasteiger partial charge in [-0.3, -0.25) is 0 Å². The summed E-state index contributed by atoms with van der Waals surface area (Å²) < 4.78 is 5.25. The van der Waals surface area contributed by atoms with Gasteiger partial charge in [0.15, 0.2) is 0 Å². The number of nitrogens with one attached hydrogen (secondary N) is 2. The summed E-state index contributed by atoms with van der Waals surface area (Å²) in [4.78, 5) is 13.8. The molecule has 0 unspecified atom stereocenters. The van der Waals surface area contributed by atoms with E-state index in [1.807, 2.05) is 18.2 Å². The number of nitrogens with zero attached hydrogens (tertiary/aromatic N) is 1. The number of hydrogen-bond acceptors (Lipinski definition) is 3. The van der Waals surface area contributed by atoms with Crippen molar-refractivity contribution in [2.75, 3.05) is 38.2 Å². The molecular weight excluding hydrogens is 266 g/mol. The average Bonchev–Trinajstić information content (AvgIpc) is 3.00. The molecule has 0 radical (unpaired) electrons. The second kappa shape index (κ2) is 7.44. The van der Waals surface area contributed by atoms with Crippen LogP contribution in [0.2, 0.25) is 0 Å². The number of benzene rings is 1. The third-order valence-electron chi connectivity index (χ3n) is 3.61. The van der Waals surface area contributed by atoms with Gasteiger partial charge in [-0.15, -0.1) is 6.42 Å². The fraction of sp³-hybridized carbons (Fsp3) is 0.438.